The monoisotopic (exact) mass is 380 g/mol. The number of nitrogens with zero attached hydrogens (tertiary/aromatic N) is 4. The van der Waals surface area contributed by atoms with Crippen LogP contribution in [-0.4, -0.2) is 19.9 Å². The summed E-state index contributed by atoms with van der Waals surface area (Å²) in [5.74, 6) is 1.60. The topological polar surface area (TPSA) is 51.6 Å². The lowest BCUT2D eigenvalue weighted by atomic mass is 9.92. The highest BCUT2D eigenvalue weighted by Crippen LogP contribution is 2.29. The molecule has 2 aromatic heterocycles. The summed E-state index contributed by atoms with van der Waals surface area (Å²) in [5, 5.41) is 1.11. The van der Waals surface area contributed by atoms with Gasteiger partial charge in [0.25, 0.3) is 0 Å². The van der Waals surface area contributed by atoms with Gasteiger partial charge in [0.05, 0.1) is 17.6 Å². The van der Waals surface area contributed by atoms with Crippen LogP contribution in [0.5, 0.6) is 0 Å². The number of fused-ring (bicyclic) bond motifs is 2. The molecule has 4 aromatic rings. The van der Waals surface area contributed by atoms with E-state index in [0.717, 1.165) is 46.8 Å². The molecule has 0 aliphatic heterocycles. The van der Waals surface area contributed by atoms with Gasteiger partial charge in [-0.1, -0.05) is 42.5 Å². The molecule has 0 N–H and O–H groups in total. The third kappa shape index (κ3) is 3.51. The number of hydrogen-bond donors (Lipinski definition) is 0. The van der Waals surface area contributed by atoms with Gasteiger partial charge in [-0.2, -0.15) is 0 Å². The van der Waals surface area contributed by atoms with Gasteiger partial charge in [0, 0.05) is 27.9 Å². The van der Waals surface area contributed by atoms with Crippen molar-refractivity contribution in [1.82, 2.24) is 19.9 Å². The molecule has 1 aliphatic carbocycles. The van der Waals surface area contributed by atoms with Gasteiger partial charge < -0.3 is 0 Å². The fourth-order valence-corrected chi connectivity index (χ4v) is 4.24. The molecule has 5 rings (SSSR count). The van der Waals surface area contributed by atoms with Crippen LogP contribution in [0.3, 0.4) is 0 Å². The molecule has 0 radical (unpaired) electrons. The van der Waals surface area contributed by atoms with E-state index in [0.29, 0.717) is 6.42 Å². The zero-order valence-corrected chi connectivity index (χ0v) is 16.9. The van der Waals surface area contributed by atoms with Crippen molar-refractivity contribution in [3.63, 3.8) is 0 Å². The highest BCUT2D eigenvalue weighted by atomic mass is 14.9. The van der Waals surface area contributed by atoms with Crippen LogP contribution in [0.25, 0.3) is 22.2 Å². The van der Waals surface area contributed by atoms with Crippen LogP contribution >= 0.6 is 0 Å². The van der Waals surface area contributed by atoms with Crippen LogP contribution in [0.15, 0.2) is 48.5 Å². The Kier molecular flexibility index (Phi) is 4.55. The molecule has 0 unspecified atom stereocenters. The first-order valence-electron chi connectivity index (χ1n) is 10.4. The largest absolute Gasteiger partial charge is 0.237 e. The second kappa shape index (κ2) is 7.36. The smallest absolute Gasteiger partial charge is 0.136 e. The molecule has 0 saturated heterocycles. The Balaban J connectivity index is 1.59. The molecule has 4 nitrogen and oxygen atoms in total. The average molecular weight is 380 g/mol. The fourth-order valence-electron chi connectivity index (χ4n) is 4.24. The summed E-state index contributed by atoms with van der Waals surface area (Å²) in [7, 11) is 0. The number of rotatable bonds is 3. The zero-order valence-electron chi connectivity index (χ0n) is 16.9. The Labute approximate surface area is 171 Å². The van der Waals surface area contributed by atoms with Gasteiger partial charge in [-0.15, -0.1) is 0 Å². The summed E-state index contributed by atoms with van der Waals surface area (Å²) < 4.78 is 0. The maximum absolute atomic E-state index is 4.99. The molecule has 0 spiro atoms. The lowest BCUT2D eigenvalue weighted by molar-refractivity contribution is 0.656. The van der Waals surface area contributed by atoms with Crippen LogP contribution in [-0.2, 0) is 19.3 Å². The number of aryl methyl sites for hydroxylation is 3. The molecule has 29 heavy (non-hydrogen) atoms. The minimum absolute atomic E-state index is 0.553. The minimum Gasteiger partial charge on any atom is -0.237 e. The van der Waals surface area contributed by atoms with Gasteiger partial charge in [0.1, 0.15) is 11.6 Å². The Hall–Kier alpha value is -3.14. The van der Waals surface area contributed by atoms with E-state index in [1.54, 1.807) is 0 Å². The molecule has 4 heteroatoms. The SMILES string of the molecule is Cc1ccc2c(C)nc(Cc3nc4c(c(-c5ccccc5)n3)CCCC4)nc2c1. The van der Waals surface area contributed by atoms with Crippen molar-refractivity contribution >= 4 is 10.9 Å². The first-order chi connectivity index (χ1) is 14.2. The lowest BCUT2D eigenvalue weighted by Crippen LogP contribution is -2.13. The van der Waals surface area contributed by atoms with E-state index in [2.05, 4.69) is 49.4 Å². The van der Waals surface area contributed by atoms with Crippen LogP contribution in [0.2, 0.25) is 0 Å². The predicted molar refractivity (Wildman–Crippen MR) is 116 cm³/mol. The van der Waals surface area contributed by atoms with Gasteiger partial charge in [-0.05, 0) is 51.2 Å². The van der Waals surface area contributed by atoms with Gasteiger partial charge >= 0.3 is 0 Å². The van der Waals surface area contributed by atoms with Crippen molar-refractivity contribution in [3.8, 4) is 11.3 Å². The number of hydrogen-bond acceptors (Lipinski definition) is 4. The zero-order chi connectivity index (χ0) is 19.8. The third-order valence-corrected chi connectivity index (χ3v) is 5.68. The van der Waals surface area contributed by atoms with Gasteiger partial charge in [-0.3, -0.25) is 0 Å². The quantitative estimate of drug-likeness (QED) is 0.492. The molecule has 2 aromatic carbocycles. The maximum atomic E-state index is 4.99. The Bertz CT molecular complexity index is 1200. The lowest BCUT2D eigenvalue weighted by Gasteiger charge is -2.19. The van der Waals surface area contributed by atoms with Gasteiger partial charge in [-0.25, -0.2) is 19.9 Å². The van der Waals surface area contributed by atoms with Crippen molar-refractivity contribution in [2.75, 3.05) is 0 Å². The minimum atomic E-state index is 0.553. The maximum Gasteiger partial charge on any atom is 0.136 e. The van der Waals surface area contributed by atoms with Crippen molar-refractivity contribution in [2.24, 2.45) is 0 Å². The molecule has 0 bridgehead atoms. The number of benzene rings is 2. The van der Waals surface area contributed by atoms with Crippen molar-refractivity contribution in [2.45, 2.75) is 46.0 Å². The molecule has 2 heterocycles. The first-order valence-corrected chi connectivity index (χ1v) is 10.4. The Morgan fingerprint density at radius 1 is 0.793 bits per heavy atom. The van der Waals surface area contributed by atoms with E-state index in [1.807, 2.05) is 13.0 Å². The normalized spacial score (nSPS) is 13.4. The van der Waals surface area contributed by atoms with Crippen LogP contribution < -0.4 is 0 Å². The highest BCUT2D eigenvalue weighted by molar-refractivity contribution is 5.81. The molecule has 0 atom stereocenters. The summed E-state index contributed by atoms with van der Waals surface area (Å²) >= 11 is 0. The van der Waals surface area contributed by atoms with E-state index >= 15 is 0 Å². The summed E-state index contributed by atoms with van der Waals surface area (Å²) in [6, 6.07) is 16.8. The fraction of sp³-hybridized carbons (Fsp3) is 0.280. The van der Waals surface area contributed by atoms with Crippen molar-refractivity contribution in [1.29, 1.82) is 0 Å². The van der Waals surface area contributed by atoms with E-state index in [1.165, 1.54) is 35.2 Å². The van der Waals surface area contributed by atoms with E-state index < -0.39 is 0 Å². The predicted octanol–water partition coefficient (Wildman–Crippen LogP) is 5.17. The summed E-state index contributed by atoms with van der Waals surface area (Å²) in [4.78, 5) is 19.5. The van der Waals surface area contributed by atoms with Crippen LogP contribution in [0, 0.1) is 13.8 Å². The van der Waals surface area contributed by atoms with Crippen molar-refractivity contribution < 1.29 is 0 Å². The van der Waals surface area contributed by atoms with E-state index in [4.69, 9.17) is 19.9 Å². The molecule has 1 aliphatic rings. The third-order valence-electron chi connectivity index (χ3n) is 5.68. The molecule has 0 fully saturated rings. The van der Waals surface area contributed by atoms with Gasteiger partial charge in [0.15, 0.2) is 0 Å². The molecular formula is C25H24N4. The Morgan fingerprint density at radius 2 is 1.59 bits per heavy atom. The standard InChI is InChI=1S/C25H24N4/c1-16-12-13-19-17(2)26-23(28-22(19)14-16)15-24-27-21-11-7-6-10-20(21)25(29-24)18-8-4-3-5-9-18/h3-5,8-9,12-14H,6-7,10-11,15H2,1-2H3. The molecular weight excluding hydrogens is 356 g/mol. The molecule has 144 valence electrons. The Morgan fingerprint density at radius 3 is 2.45 bits per heavy atom. The summed E-state index contributed by atoms with van der Waals surface area (Å²) in [6.45, 7) is 4.14. The van der Waals surface area contributed by atoms with Crippen molar-refractivity contribution in [3.05, 3.63) is 82.7 Å². The van der Waals surface area contributed by atoms with E-state index in [9.17, 15) is 0 Å². The van der Waals surface area contributed by atoms with Crippen LogP contribution in [0.4, 0.5) is 0 Å². The average Bonchev–Trinajstić information content (AvgIpc) is 2.73. The van der Waals surface area contributed by atoms with E-state index in [-0.39, 0.29) is 0 Å². The number of aromatic nitrogens is 4. The summed E-state index contributed by atoms with van der Waals surface area (Å²) in [5.41, 5.74) is 7.98. The molecule has 0 saturated carbocycles. The first kappa shape index (κ1) is 17.9. The molecule has 0 amide bonds. The highest BCUT2D eigenvalue weighted by Gasteiger charge is 2.19. The van der Waals surface area contributed by atoms with Crippen LogP contribution in [0.1, 0.15) is 47.0 Å². The second-order valence-electron chi connectivity index (χ2n) is 7.91. The second-order valence-corrected chi connectivity index (χ2v) is 7.91. The summed E-state index contributed by atoms with van der Waals surface area (Å²) in [6.07, 6.45) is 5.05. The van der Waals surface area contributed by atoms with Gasteiger partial charge in [0.2, 0.25) is 0 Å².